The third-order valence-corrected chi connectivity index (χ3v) is 1.77. The van der Waals surface area contributed by atoms with Gasteiger partial charge in [-0.25, -0.2) is 0 Å². The molecule has 0 atom stereocenters. The smallest absolute Gasteiger partial charge is 0.0528 e. The van der Waals surface area contributed by atoms with Gasteiger partial charge in [-0.3, -0.25) is 0 Å². The van der Waals surface area contributed by atoms with Crippen LogP contribution in [-0.2, 0) is 0 Å². The van der Waals surface area contributed by atoms with Gasteiger partial charge in [0.1, 0.15) is 0 Å². The molecule has 0 aliphatic heterocycles. The molecule has 8 heavy (non-hydrogen) atoms. The highest BCUT2D eigenvalue weighted by Gasteiger charge is 2.16. The Labute approximate surface area is 49.3 Å². The highest BCUT2D eigenvalue weighted by molar-refractivity contribution is 4.61. The number of rotatable bonds is 1. The van der Waals surface area contributed by atoms with Gasteiger partial charge in [0, 0.05) is 17.7 Å². The second-order valence-electron chi connectivity index (χ2n) is 2.45. The Morgan fingerprint density at radius 1 is 1.12 bits per heavy atom. The van der Waals surface area contributed by atoms with E-state index in [4.69, 9.17) is 0 Å². The predicted molar refractivity (Wildman–Crippen MR) is 31.2 cm³/mol. The van der Waals surface area contributed by atoms with Crippen LogP contribution in [0.15, 0.2) is 0 Å². The summed E-state index contributed by atoms with van der Waals surface area (Å²) in [4.78, 5) is 10.0. The molecule has 0 heterocycles. The van der Waals surface area contributed by atoms with Gasteiger partial charge in [-0.05, 0) is 18.0 Å². The Morgan fingerprint density at radius 2 is 1.75 bits per heavy atom. The molecule has 1 saturated carbocycles. The van der Waals surface area contributed by atoms with Crippen LogP contribution in [0.3, 0.4) is 0 Å². The summed E-state index contributed by atoms with van der Waals surface area (Å²) in [6, 6.07) is 0.281. The van der Waals surface area contributed by atoms with Crippen molar-refractivity contribution in [3.63, 3.8) is 0 Å². The van der Waals surface area contributed by atoms with E-state index in [9.17, 15) is 4.91 Å². The molecule has 0 saturated heterocycles. The molecule has 1 rings (SSSR count). The maximum absolute atomic E-state index is 10.0. The standard InChI is InChI=1S/C6H11NO/c8-7-6-4-2-1-3-5-6/h6H,1-5H2/p+1. The van der Waals surface area contributed by atoms with E-state index in [1.165, 1.54) is 19.3 Å². The largest absolute Gasteiger partial charge is 0.198 e. The molecule has 1 aliphatic carbocycles. The van der Waals surface area contributed by atoms with E-state index < -0.39 is 0 Å². The van der Waals surface area contributed by atoms with E-state index in [2.05, 4.69) is 5.18 Å². The van der Waals surface area contributed by atoms with Crippen molar-refractivity contribution in [3.8, 4) is 0 Å². The number of hydrogen-bond acceptors (Lipinski definition) is 1. The summed E-state index contributed by atoms with van der Waals surface area (Å²) in [6.45, 7) is 0. The third kappa shape index (κ3) is 1.29. The summed E-state index contributed by atoms with van der Waals surface area (Å²) in [5, 5.41) is 2.05. The van der Waals surface area contributed by atoms with Crippen molar-refractivity contribution in [2.75, 3.05) is 0 Å². The van der Waals surface area contributed by atoms with Crippen LogP contribution < -0.4 is 5.18 Å². The molecule has 46 valence electrons. The zero-order valence-corrected chi connectivity index (χ0v) is 5.02. The molecule has 2 heteroatoms. The van der Waals surface area contributed by atoms with Crippen molar-refractivity contribution in [3.05, 3.63) is 4.91 Å². The first-order valence-electron chi connectivity index (χ1n) is 3.31. The lowest BCUT2D eigenvalue weighted by atomic mass is 9.96. The summed E-state index contributed by atoms with van der Waals surface area (Å²) in [5.74, 6) is 0. The quantitative estimate of drug-likeness (QED) is 0.517. The summed E-state index contributed by atoms with van der Waals surface area (Å²) in [6.07, 6.45) is 5.96. The molecule has 1 aliphatic rings. The number of nitroso groups, excluding NO2 is 1. The van der Waals surface area contributed by atoms with E-state index >= 15 is 0 Å². The minimum absolute atomic E-state index is 0.281. The lowest BCUT2D eigenvalue weighted by Gasteiger charge is -2.08. The zero-order chi connectivity index (χ0) is 5.82. The molecule has 1 fully saturated rings. The average Bonchev–Trinajstić information content (AvgIpc) is 1.90. The molecule has 0 amide bonds. The predicted octanol–water partition coefficient (Wildman–Crippen LogP) is 0.166. The van der Waals surface area contributed by atoms with Crippen LogP contribution in [0.2, 0.25) is 0 Å². The van der Waals surface area contributed by atoms with Gasteiger partial charge < -0.3 is 0 Å². The fourth-order valence-corrected chi connectivity index (χ4v) is 1.22. The minimum atomic E-state index is 0.281. The van der Waals surface area contributed by atoms with Gasteiger partial charge in [0.05, 0.1) is 0 Å². The van der Waals surface area contributed by atoms with E-state index in [1.807, 2.05) is 0 Å². The first-order chi connectivity index (χ1) is 3.93. The summed E-state index contributed by atoms with van der Waals surface area (Å²) in [5.41, 5.74) is 0. The highest BCUT2D eigenvalue weighted by Crippen LogP contribution is 2.13. The van der Waals surface area contributed by atoms with Crippen LogP contribution >= 0.6 is 0 Å². The van der Waals surface area contributed by atoms with Crippen LogP contribution in [0, 0.1) is 4.91 Å². The van der Waals surface area contributed by atoms with Gasteiger partial charge >= 0.3 is 0 Å². The second-order valence-corrected chi connectivity index (χ2v) is 2.45. The van der Waals surface area contributed by atoms with Crippen molar-refractivity contribution in [2.45, 2.75) is 38.1 Å². The summed E-state index contributed by atoms with van der Waals surface area (Å²) >= 11 is 0. The fourth-order valence-electron chi connectivity index (χ4n) is 1.22. The van der Waals surface area contributed by atoms with Crippen molar-refractivity contribution in [1.82, 2.24) is 0 Å². The molecule has 0 aromatic carbocycles. The topological polar surface area (TPSA) is 31.0 Å². The van der Waals surface area contributed by atoms with Gasteiger partial charge in [-0.15, -0.1) is 0 Å². The Hall–Kier alpha value is -0.400. The van der Waals surface area contributed by atoms with Crippen molar-refractivity contribution >= 4 is 0 Å². The van der Waals surface area contributed by atoms with Gasteiger partial charge in [-0.1, -0.05) is 6.42 Å². The Bertz CT molecular complexity index is 76.6. The van der Waals surface area contributed by atoms with Gasteiger partial charge in [0.2, 0.25) is 0 Å². The van der Waals surface area contributed by atoms with Gasteiger partial charge in [-0.2, -0.15) is 0 Å². The highest BCUT2D eigenvalue weighted by atomic mass is 16.3. The molecule has 1 N–H and O–H groups in total. The first kappa shape index (κ1) is 5.73. The maximum atomic E-state index is 10.0. The molecule has 0 aromatic heterocycles. The minimum Gasteiger partial charge on any atom is -0.0528 e. The van der Waals surface area contributed by atoms with Crippen LogP contribution in [0.4, 0.5) is 0 Å². The lowest BCUT2D eigenvalue weighted by molar-refractivity contribution is -0.529. The van der Waals surface area contributed by atoms with Gasteiger partial charge in [0.25, 0.3) is 0 Å². The monoisotopic (exact) mass is 114 g/mol. The van der Waals surface area contributed by atoms with Crippen molar-refractivity contribution < 1.29 is 5.18 Å². The Morgan fingerprint density at radius 3 is 2.12 bits per heavy atom. The van der Waals surface area contributed by atoms with Crippen LogP contribution in [0.25, 0.3) is 0 Å². The first-order valence-corrected chi connectivity index (χ1v) is 3.31. The number of hydrogen-bond donors (Lipinski definition) is 1. The Kier molecular flexibility index (Phi) is 2.00. The second kappa shape index (κ2) is 2.80. The molecule has 0 radical (unpaired) electrons. The summed E-state index contributed by atoms with van der Waals surface area (Å²) < 4.78 is 0. The van der Waals surface area contributed by atoms with Crippen LogP contribution in [-0.4, -0.2) is 6.04 Å². The SMILES string of the molecule is O=[NH+]C1CCCCC1. The van der Waals surface area contributed by atoms with E-state index in [0.717, 1.165) is 12.8 Å². The third-order valence-electron chi connectivity index (χ3n) is 1.77. The van der Waals surface area contributed by atoms with E-state index in [-0.39, 0.29) is 6.04 Å². The molecule has 0 aromatic rings. The molecular formula is C6H12NO+. The van der Waals surface area contributed by atoms with Crippen molar-refractivity contribution in [2.24, 2.45) is 0 Å². The molecule has 0 spiro atoms. The average molecular weight is 114 g/mol. The molecule has 2 nitrogen and oxygen atoms in total. The lowest BCUT2D eigenvalue weighted by Crippen LogP contribution is -2.72. The normalized spacial score (nSPS) is 23.0. The fraction of sp³-hybridized carbons (Fsp3) is 1.00. The number of nitrogens with one attached hydrogen (secondary N) is 1. The molecule has 0 bridgehead atoms. The molecular weight excluding hydrogens is 102 g/mol. The van der Waals surface area contributed by atoms with Crippen LogP contribution in [0.1, 0.15) is 32.1 Å². The van der Waals surface area contributed by atoms with Crippen LogP contribution in [0.5, 0.6) is 0 Å². The summed E-state index contributed by atoms with van der Waals surface area (Å²) in [7, 11) is 0. The zero-order valence-electron chi connectivity index (χ0n) is 5.02. The van der Waals surface area contributed by atoms with E-state index in [1.54, 1.807) is 0 Å². The van der Waals surface area contributed by atoms with Gasteiger partial charge in [0.15, 0.2) is 6.04 Å². The molecule has 0 unspecified atom stereocenters. The Balaban J connectivity index is 2.22. The maximum Gasteiger partial charge on any atom is 0.198 e. The van der Waals surface area contributed by atoms with Crippen molar-refractivity contribution in [1.29, 1.82) is 0 Å². The van der Waals surface area contributed by atoms with E-state index in [0.29, 0.717) is 0 Å².